The van der Waals surface area contributed by atoms with E-state index in [0.29, 0.717) is 19.0 Å². The molecule has 23 heavy (non-hydrogen) atoms. The summed E-state index contributed by atoms with van der Waals surface area (Å²) in [5, 5.41) is 0. The number of amides is 1. The van der Waals surface area contributed by atoms with Crippen molar-refractivity contribution in [1.82, 2.24) is 9.88 Å². The van der Waals surface area contributed by atoms with Crippen LogP contribution in [0, 0.1) is 17.6 Å². The minimum atomic E-state index is -0.797. The second-order valence-corrected chi connectivity index (χ2v) is 5.92. The van der Waals surface area contributed by atoms with Crippen LogP contribution in [0.5, 0.6) is 0 Å². The van der Waals surface area contributed by atoms with E-state index >= 15 is 0 Å². The largest absolute Gasteiger partial charge is 0.339 e. The smallest absolute Gasteiger partial charge is 0.256 e. The van der Waals surface area contributed by atoms with Crippen molar-refractivity contribution >= 4 is 5.91 Å². The second kappa shape index (κ2) is 6.86. The average Bonchev–Trinajstić information content (AvgIpc) is 2.56. The molecule has 2 heterocycles. The molecule has 3 nitrogen and oxygen atoms in total. The Labute approximate surface area is 134 Å². The first kappa shape index (κ1) is 15.6. The lowest BCUT2D eigenvalue weighted by Crippen LogP contribution is -2.39. The molecule has 0 atom stereocenters. The van der Waals surface area contributed by atoms with Crippen LogP contribution in [0.1, 0.15) is 28.8 Å². The number of hydrogen-bond donors (Lipinski definition) is 0. The van der Waals surface area contributed by atoms with Crippen molar-refractivity contribution in [3.05, 3.63) is 65.5 Å². The van der Waals surface area contributed by atoms with Gasteiger partial charge in [0.25, 0.3) is 5.91 Å². The van der Waals surface area contributed by atoms with Gasteiger partial charge in [-0.25, -0.2) is 8.78 Å². The molecule has 5 heteroatoms. The van der Waals surface area contributed by atoms with Gasteiger partial charge < -0.3 is 4.90 Å². The van der Waals surface area contributed by atoms with Gasteiger partial charge in [0.15, 0.2) is 0 Å². The fourth-order valence-corrected chi connectivity index (χ4v) is 3.03. The first-order valence-corrected chi connectivity index (χ1v) is 7.76. The number of rotatable bonds is 3. The number of carbonyl (C=O) groups excluding carboxylic acids is 1. The van der Waals surface area contributed by atoms with Gasteiger partial charge in [-0.05, 0) is 55.0 Å². The molecule has 1 saturated heterocycles. The summed E-state index contributed by atoms with van der Waals surface area (Å²) in [5.74, 6) is -1.31. The molecule has 1 aliphatic heterocycles. The number of benzene rings is 1. The van der Waals surface area contributed by atoms with Crippen LogP contribution in [-0.2, 0) is 6.42 Å². The van der Waals surface area contributed by atoms with E-state index in [1.165, 1.54) is 11.6 Å². The van der Waals surface area contributed by atoms with Gasteiger partial charge in [0.1, 0.15) is 11.6 Å². The van der Waals surface area contributed by atoms with Gasteiger partial charge in [0.2, 0.25) is 0 Å². The lowest BCUT2D eigenvalue weighted by Gasteiger charge is -2.32. The first-order chi connectivity index (χ1) is 11.1. The fourth-order valence-electron chi connectivity index (χ4n) is 3.03. The van der Waals surface area contributed by atoms with Crippen LogP contribution >= 0.6 is 0 Å². The van der Waals surface area contributed by atoms with Crippen molar-refractivity contribution in [2.45, 2.75) is 19.3 Å². The summed E-state index contributed by atoms with van der Waals surface area (Å²) in [6.45, 7) is 1.21. The standard InChI is InChI=1S/C18H18F2N2O/c19-15-1-2-16(17(20)12-15)18(23)22-9-5-14(6-10-22)11-13-3-7-21-8-4-13/h1-4,7-8,12,14H,5-6,9-11H2. The Morgan fingerprint density at radius 2 is 1.83 bits per heavy atom. The molecule has 0 saturated carbocycles. The van der Waals surface area contributed by atoms with Crippen molar-refractivity contribution in [1.29, 1.82) is 0 Å². The van der Waals surface area contributed by atoms with Gasteiger partial charge in [-0.1, -0.05) is 0 Å². The molecule has 0 N–H and O–H groups in total. The summed E-state index contributed by atoms with van der Waals surface area (Å²) < 4.78 is 26.7. The lowest BCUT2D eigenvalue weighted by atomic mass is 9.90. The maximum Gasteiger partial charge on any atom is 0.256 e. The van der Waals surface area contributed by atoms with Crippen LogP contribution in [0.3, 0.4) is 0 Å². The Morgan fingerprint density at radius 1 is 1.13 bits per heavy atom. The Balaban J connectivity index is 1.59. The highest BCUT2D eigenvalue weighted by atomic mass is 19.1. The van der Waals surface area contributed by atoms with Crippen LogP contribution < -0.4 is 0 Å². The Morgan fingerprint density at radius 3 is 2.48 bits per heavy atom. The van der Waals surface area contributed by atoms with Gasteiger partial charge in [0, 0.05) is 31.5 Å². The molecular weight excluding hydrogens is 298 g/mol. The molecular formula is C18H18F2N2O. The maximum absolute atomic E-state index is 13.7. The summed E-state index contributed by atoms with van der Waals surface area (Å²) in [7, 11) is 0. The Hall–Kier alpha value is -2.30. The third kappa shape index (κ3) is 3.73. The summed E-state index contributed by atoms with van der Waals surface area (Å²) in [6.07, 6.45) is 6.31. The summed E-state index contributed by atoms with van der Waals surface area (Å²) >= 11 is 0. The highest BCUT2D eigenvalue weighted by Gasteiger charge is 2.25. The average molecular weight is 316 g/mol. The van der Waals surface area contributed by atoms with Crippen molar-refractivity contribution in [2.24, 2.45) is 5.92 Å². The van der Waals surface area contributed by atoms with E-state index in [9.17, 15) is 13.6 Å². The monoisotopic (exact) mass is 316 g/mol. The highest BCUT2D eigenvalue weighted by Crippen LogP contribution is 2.23. The molecule has 0 aliphatic carbocycles. The predicted octanol–water partition coefficient (Wildman–Crippen LogP) is 3.45. The SMILES string of the molecule is O=C(c1ccc(F)cc1F)N1CCC(Cc2ccncc2)CC1. The van der Waals surface area contributed by atoms with Crippen LogP contribution in [0.25, 0.3) is 0 Å². The van der Waals surface area contributed by atoms with Crippen LogP contribution in [0.2, 0.25) is 0 Å². The molecule has 1 amide bonds. The van der Waals surface area contributed by atoms with Crippen molar-refractivity contribution in [2.75, 3.05) is 13.1 Å². The maximum atomic E-state index is 13.7. The minimum absolute atomic E-state index is 0.0565. The molecule has 3 rings (SSSR count). The van der Waals surface area contributed by atoms with Crippen molar-refractivity contribution in [3.63, 3.8) is 0 Å². The van der Waals surface area contributed by atoms with E-state index in [4.69, 9.17) is 0 Å². The van der Waals surface area contributed by atoms with E-state index in [0.717, 1.165) is 31.4 Å². The molecule has 0 unspecified atom stereocenters. The number of piperidine rings is 1. The lowest BCUT2D eigenvalue weighted by molar-refractivity contribution is 0.0685. The Bertz CT molecular complexity index is 683. The fraction of sp³-hybridized carbons (Fsp3) is 0.333. The molecule has 1 aromatic heterocycles. The molecule has 0 radical (unpaired) electrons. The number of halogens is 2. The summed E-state index contributed by atoms with van der Waals surface area (Å²) in [4.78, 5) is 18.0. The first-order valence-electron chi connectivity index (χ1n) is 7.76. The minimum Gasteiger partial charge on any atom is -0.339 e. The molecule has 120 valence electrons. The van der Waals surface area contributed by atoms with E-state index in [1.54, 1.807) is 17.3 Å². The van der Waals surface area contributed by atoms with Crippen molar-refractivity contribution in [3.8, 4) is 0 Å². The molecule has 1 aliphatic rings. The van der Waals surface area contributed by atoms with Crippen LogP contribution in [-0.4, -0.2) is 28.9 Å². The van der Waals surface area contributed by atoms with E-state index in [1.807, 2.05) is 12.1 Å². The highest BCUT2D eigenvalue weighted by molar-refractivity contribution is 5.94. The predicted molar refractivity (Wildman–Crippen MR) is 82.9 cm³/mol. The van der Waals surface area contributed by atoms with Gasteiger partial charge in [-0.2, -0.15) is 0 Å². The summed E-state index contributed by atoms with van der Waals surface area (Å²) in [6, 6.07) is 7.10. The van der Waals surface area contributed by atoms with Crippen LogP contribution in [0.15, 0.2) is 42.7 Å². The van der Waals surface area contributed by atoms with E-state index < -0.39 is 11.6 Å². The third-order valence-corrected chi connectivity index (χ3v) is 4.34. The topological polar surface area (TPSA) is 33.2 Å². The van der Waals surface area contributed by atoms with Crippen LogP contribution in [0.4, 0.5) is 8.78 Å². The zero-order chi connectivity index (χ0) is 16.2. The molecule has 0 bridgehead atoms. The number of aromatic nitrogens is 1. The molecule has 2 aromatic rings. The second-order valence-electron chi connectivity index (χ2n) is 5.92. The number of carbonyl (C=O) groups is 1. The number of hydrogen-bond acceptors (Lipinski definition) is 2. The zero-order valence-electron chi connectivity index (χ0n) is 12.7. The molecule has 0 spiro atoms. The van der Waals surface area contributed by atoms with Crippen molar-refractivity contribution < 1.29 is 13.6 Å². The van der Waals surface area contributed by atoms with Gasteiger partial charge >= 0.3 is 0 Å². The van der Waals surface area contributed by atoms with E-state index in [-0.39, 0.29) is 11.5 Å². The van der Waals surface area contributed by atoms with Gasteiger partial charge in [-0.3, -0.25) is 9.78 Å². The quantitative estimate of drug-likeness (QED) is 0.869. The number of likely N-dealkylation sites (tertiary alicyclic amines) is 1. The number of pyridine rings is 1. The molecule has 1 fully saturated rings. The normalized spacial score (nSPS) is 15.7. The number of nitrogens with zero attached hydrogens (tertiary/aromatic N) is 2. The van der Waals surface area contributed by atoms with E-state index in [2.05, 4.69) is 4.98 Å². The Kier molecular flexibility index (Phi) is 4.65. The molecule has 1 aromatic carbocycles. The summed E-state index contributed by atoms with van der Waals surface area (Å²) in [5.41, 5.74) is 1.19. The van der Waals surface area contributed by atoms with Gasteiger partial charge in [-0.15, -0.1) is 0 Å². The zero-order valence-corrected chi connectivity index (χ0v) is 12.7. The van der Waals surface area contributed by atoms with Gasteiger partial charge in [0.05, 0.1) is 5.56 Å². The third-order valence-electron chi connectivity index (χ3n) is 4.34.